The first-order valence-corrected chi connectivity index (χ1v) is 10.0. The normalized spacial score (nSPS) is 24.9. The van der Waals surface area contributed by atoms with Crippen molar-refractivity contribution in [2.45, 2.75) is 31.3 Å². The Kier molecular flexibility index (Phi) is 5.76. The second kappa shape index (κ2) is 8.25. The number of nitrogens with zero attached hydrogens (tertiary/aromatic N) is 1. The van der Waals surface area contributed by atoms with Gasteiger partial charge in [0.25, 0.3) is 5.91 Å². The molecule has 1 aromatic carbocycles. The number of hydrogen-bond donors (Lipinski definition) is 0. The summed E-state index contributed by atoms with van der Waals surface area (Å²) in [5.41, 5.74) is 0.318. The number of amides is 1. The van der Waals surface area contributed by atoms with Gasteiger partial charge in [-0.1, -0.05) is 0 Å². The lowest BCUT2D eigenvalue weighted by Crippen LogP contribution is -2.66. The number of ether oxygens (including phenoxy) is 3. The average Bonchev–Trinajstić information content (AvgIpc) is 3.09. The molecule has 0 aromatic heterocycles. The van der Waals surface area contributed by atoms with Crippen LogP contribution >= 0.6 is 0 Å². The fourth-order valence-corrected chi connectivity index (χ4v) is 4.45. The van der Waals surface area contributed by atoms with Gasteiger partial charge in [-0.25, -0.2) is 4.39 Å². The first kappa shape index (κ1) is 18.8. The van der Waals surface area contributed by atoms with Gasteiger partial charge in [0.05, 0.1) is 13.1 Å². The van der Waals surface area contributed by atoms with E-state index in [0.717, 1.165) is 58.7 Å². The number of rotatable bonds is 6. The number of benzene rings is 1. The lowest BCUT2D eigenvalue weighted by molar-refractivity contribution is -0.121. The fourth-order valence-electron chi connectivity index (χ4n) is 4.45. The van der Waals surface area contributed by atoms with Gasteiger partial charge in [-0.3, -0.25) is 4.79 Å². The van der Waals surface area contributed by atoms with Crippen LogP contribution in [0.5, 0.6) is 0 Å². The summed E-state index contributed by atoms with van der Waals surface area (Å²) >= 11 is 0. The molecule has 6 heteroatoms. The molecule has 3 aliphatic rings. The number of hydrogen-bond acceptors (Lipinski definition) is 4. The molecule has 1 spiro atoms. The highest BCUT2D eigenvalue weighted by Gasteiger charge is 2.54. The lowest BCUT2D eigenvalue weighted by atomic mass is 9.79. The van der Waals surface area contributed by atoms with E-state index in [1.807, 2.05) is 0 Å². The van der Waals surface area contributed by atoms with E-state index in [1.54, 1.807) is 17.0 Å². The van der Waals surface area contributed by atoms with Crippen LogP contribution in [-0.4, -0.2) is 62.5 Å². The summed E-state index contributed by atoms with van der Waals surface area (Å²) in [4.78, 5) is 14.3. The number of carbonyl (C=O) groups excluding carboxylic acids is 1. The minimum atomic E-state index is -0.327. The van der Waals surface area contributed by atoms with Gasteiger partial charge in [0.1, 0.15) is 11.4 Å². The Bertz CT molecular complexity index is 638. The van der Waals surface area contributed by atoms with E-state index in [4.69, 9.17) is 14.2 Å². The summed E-state index contributed by atoms with van der Waals surface area (Å²) in [7, 11) is 0. The Morgan fingerprint density at radius 3 is 2.63 bits per heavy atom. The van der Waals surface area contributed by atoms with Crippen molar-refractivity contribution in [3.63, 3.8) is 0 Å². The van der Waals surface area contributed by atoms with Crippen LogP contribution < -0.4 is 0 Å². The third-order valence-corrected chi connectivity index (χ3v) is 6.20. The molecule has 4 rings (SSSR count). The van der Waals surface area contributed by atoms with Gasteiger partial charge >= 0.3 is 0 Å². The molecule has 1 amide bonds. The third kappa shape index (κ3) is 4.18. The molecule has 1 atom stereocenters. The molecule has 3 fully saturated rings. The number of halogens is 1. The van der Waals surface area contributed by atoms with E-state index in [0.29, 0.717) is 30.5 Å². The molecule has 0 bridgehead atoms. The third-order valence-electron chi connectivity index (χ3n) is 6.20. The minimum absolute atomic E-state index is 0.0503. The largest absolute Gasteiger partial charge is 0.381 e. The van der Waals surface area contributed by atoms with Crippen LogP contribution in [0.25, 0.3) is 0 Å². The summed E-state index contributed by atoms with van der Waals surface area (Å²) in [6.45, 7) is 5.26. The Labute approximate surface area is 159 Å². The smallest absolute Gasteiger partial charge is 0.254 e. The van der Waals surface area contributed by atoms with Crippen LogP contribution in [0.2, 0.25) is 0 Å². The quantitative estimate of drug-likeness (QED) is 0.716. The SMILES string of the molecule is O=C(c1ccc(F)cc1)N1CC2(C1)OCC[C@@H]2CCOCC1CCOCC1. The van der Waals surface area contributed by atoms with Gasteiger partial charge in [-0.15, -0.1) is 0 Å². The summed E-state index contributed by atoms with van der Waals surface area (Å²) in [6.07, 6.45) is 4.19. The van der Waals surface area contributed by atoms with Crippen molar-refractivity contribution in [1.29, 1.82) is 0 Å². The molecule has 0 saturated carbocycles. The van der Waals surface area contributed by atoms with Gasteiger partial charge < -0.3 is 19.1 Å². The molecule has 3 saturated heterocycles. The molecule has 148 valence electrons. The maximum Gasteiger partial charge on any atom is 0.254 e. The van der Waals surface area contributed by atoms with Crippen molar-refractivity contribution in [1.82, 2.24) is 4.90 Å². The predicted molar refractivity (Wildman–Crippen MR) is 98.1 cm³/mol. The first-order valence-electron chi connectivity index (χ1n) is 10.0. The highest BCUT2D eigenvalue weighted by molar-refractivity contribution is 5.94. The molecule has 27 heavy (non-hydrogen) atoms. The molecule has 3 heterocycles. The molecular weight excluding hydrogens is 349 g/mol. The van der Waals surface area contributed by atoms with Crippen LogP contribution in [0.3, 0.4) is 0 Å². The van der Waals surface area contributed by atoms with Gasteiger partial charge in [-0.05, 0) is 61.8 Å². The Morgan fingerprint density at radius 2 is 1.89 bits per heavy atom. The summed E-state index contributed by atoms with van der Waals surface area (Å²) in [5.74, 6) is 0.682. The van der Waals surface area contributed by atoms with E-state index >= 15 is 0 Å². The Morgan fingerprint density at radius 1 is 1.15 bits per heavy atom. The fraction of sp³-hybridized carbons (Fsp3) is 0.667. The molecule has 1 aromatic rings. The van der Waals surface area contributed by atoms with E-state index in [2.05, 4.69) is 0 Å². The number of carbonyl (C=O) groups is 1. The molecule has 0 N–H and O–H groups in total. The average molecular weight is 377 g/mol. The zero-order valence-electron chi connectivity index (χ0n) is 15.7. The van der Waals surface area contributed by atoms with Crippen molar-refractivity contribution >= 4 is 5.91 Å². The van der Waals surface area contributed by atoms with Gasteiger partial charge in [-0.2, -0.15) is 0 Å². The Hall–Kier alpha value is -1.50. The van der Waals surface area contributed by atoms with Gasteiger partial charge in [0.2, 0.25) is 0 Å². The van der Waals surface area contributed by atoms with Crippen LogP contribution in [0.15, 0.2) is 24.3 Å². The van der Waals surface area contributed by atoms with Crippen molar-refractivity contribution in [3.05, 3.63) is 35.6 Å². The molecule has 5 nitrogen and oxygen atoms in total. The van der Waals surface area contributed by atoms with Crippen molar-refractivity contribution in [2.24, 2.45) is 11.8 Å². The zero-order valence-corrected chi connectivity index (χ0v) is 15.7. The van der Waals surface area contributed by atoms with E-state index in [1.165, 1.54) is 12.1 Å². The summed E-state index contributed by atoms with van der Waals surface area (Å²) < 4.78 is 30.4. The maximum atomic E-state index is 13.0. The second-order valence-electron chi connectivity index (χ2n) is 7.99. The highest BCUT2D eigenvalue weighted by Crippen LogP contribution is 2.42. The molecule has 0 radical (unpaired) electrons. The molecule has 0 unspecified atom stereocenters. The van der Waals surface area contributed by atoms with Crippen LogP contribution in [0.1, 0.15) is 36.0 Å². The van der Waals surface area contributed by atoms with Crippen molar-refractivity contribution < 1.29 is 23.4 Å². The topological polar surface area (TPSA) is 48.0 Å². The summed E-state index contributed by atoms with van der Waals surface area (Å²) in [5, 5.41) is 0. The monoisotopic (exact) mass is 377 g/mol. The first-order chi connectivity index (χ1) is 13.2. The molecular formula is C21H28FNO4. The highest BCUT2D eigenvalue weighted by atomic mass is 19.1. The Balaban J connectivity index is 1.23. The van der Waals surface area contributed by atoms with Crippen molar-refractivity contribution in [2.75, 3.05) is 46.1 Å². The minimum Gasteiger partial charge on any atom is -0.381 e. The predicted octanol–water partition coefficient (Wildman–Crippen LogP) is 2.89. The van der Waals surface area contributed by atoms with E-state index < -0.39 is 0 Å². The summed E-state index contributed by atoms with van der Waals surface area (Å²) in [6, 6.07) is 5.74. The standard InChI is InChI=1S/C21H28FNO4/c22-19-3-1-17(2-4-19)20(24)23-14-21(15-23)18(8-12-27-21)7-11-26-13-16-5-9-25-10-6-16/h1-4,16,18H,5-15H2/t18-/m0/s1. The van der Waals surface area contributed by atoms with Crippen LogP contribution in [0.4, 0.5) is 4.39 Å². The van der Waals surface area contributed by atoms with E-state index in [-0.39, 0.29) is 17.3 Å². The maximum absolute atomic E-state index is 13.0. The number of likely N-dealkylation sites (tertiary alicyclic amines) is 1. The van der Waals surface area contributed by atoms with E-state index in [9.17, 15) is 9.18 Å². The van der Waals surface area contributed by atoms with Gasteiger partial charge in [0, 0.05) is 38.6 Å². The lowest BCUT2D eigenvalue weighted by Gasteiger charge is -2.50. The van der Waals surface area contributed by atoms with Crippen LogP contribution in [-0.2, 0) is 14.2 Å². The second-order valence-corrected chi connectivity index (χ2v) is 7.99. The van der Waals surface area contributed by atoms with Crippen molar-refractivity contribution in [3.8, 4) is 0 Å². The van der Waals surface area contributed by atoms with Crippen LogP contribution in [0, 0.1) is 17.7 Å². The van der Waals surface area contributed by atoms with Gasteiger partial charge in [0.15, 0.2) is 0 Å². The molecule has 3 aliphatic heterocycles. The molecule has 0 aliphatic carbocycles. The zero-order chi connectivity index (χ0) is 18.7.